The minimum Gasteiger partial charge on any atom is -0.354 e. The van der Waals surface area contributed by atoms with E-state index in [1.165, 1.54) is 18.2 Å². The molecule has 1 aliphatic heterocycles. The van der Waals surface area contributed by atoms with E-state index < -0.39 is 5.82 Å². The van der Waals surface area contributed by atoms with E-state index in [4.69, 9.17) is 4.98 Å². The molecule has 0 spiro atoms. The van der Waals surface area contributed by atoms with E-state index >= 15 is 0 Å². The van der Waals surface area contributed by atoms with Gasteiger partial charge < -0.3 is 10.2 Å². The third kappa shape index (κ3) is 3.26. The van der Waals surface area contributed by atoms with E-state index in [9.17, 15) is 9.18 Å². The van der Waals surface area contributed by atoms with Gasteiger partial charge in [-0.15, -0.1) is 0 Å². The Bertz CT molecular complexity index is 988. The van der Waals surface area contributed by atoms with Gasteiger partial charge in [-0.3, -0.25) is 4.79 Å². The number of hydrogen-bond acceptors (Lipinski definition) is 4. The summed E-state index contributed by atoms with van der Waals surface area (Å²) in [5.74, 6) is 0.332. The number of halogens is 2. The van der Waals surface area contributed by atoms with E-state index in [2.05, 4.69) is 31.1 Å². The lowest BCUT2D eigenvalue weighted by atomic mass is 10.2. The molecule has 26 heavy (non-hydrogen) atoms. The summed E-state index contributed by atoms with van der Waals surface area (Å²) in [6.07, 6.45) is 2.18. The van der Waals surface area contributed by atoms with Crippen molar-refractivity contribution < 1.29 is 9.18 Å². The Hall–Kier alpha value is -2.54. The van der Waals surface area contributed by atoms with E-state index in [1.54, 1.807) is 0 Å². The number of para-hydroxylation sites is 2. The molecule has 0 saturated carbocycles. The molecule has 1 saturated heterocycles. The first-order valence-electron chi connectivity index (χ1n) is 8.40. The molecule has 0 atom stereocenters. The largest absolute Gasteiger partial charge is 0.354 e. The molecule has 4 rings (SSSR count). The van der Waals surface area contributed by atoms with Crippen LogP contribution in [0.5, 0.6) is 0 Å². The van der Waals surface area contributed by atoms with Crippen LogP contribution in [0, 0.1) is 5.82 Å². The molecular weight excluding hydrogens is 399 g/mol. The number of amides is 1. The maximum Gasteiger partial charge on any atom is 0.258 e. The second kappa shape index (κ2) is 6.99. The molecule has 0 aliphatic carbocycles. The lowest BCUT2D eigenvalue weighted by molar-refractivity contribution is 0.102. The van der Waals surface area contributed by atoms with Gasteiger partial charge in [0.05, 0.1) is 16.6 Å². The Labute approximate surface area is 158 Å². The molecule has 0 unspecified atom stereocenters. The number of carbonyl (C=O) groups excluding carboxylic acids is 1. The molecule has 132 valence electrons. The molecule has 1 aromatic heterocycles. The Kier molecular flexibility index (Phi) is 4.55. The molecule has 5 nitrogen and oxygen atoms in total. The summed E-state index contributed by atoms with van der Waals surface area (Å²) < 4.78 is 13.7. The van der Waals surface area contributed by atoms with Crippen molar-refractivity contribution in [3.8, 4) is 0 Å². The van der Waals surface area contributed by atoms with Crippen LogP contribution < -0.4 is 10.2 Å². The first-order chi connectivity index (χ1) is 12.6. The summed E-state index contributed by atoms with van der Waals surface area (Å²) in [5.41, 5.74) is 1.84. The number of fused-ring (bicyclic) bond motifs is 1. The highest BCUT2D eigenvalue weighted by Crippen LogP contribution is 2.29. The summed E-state index contributed by atoms with van der Waals surface area (Å²) in [6, 6.07) is 11.5. The third-order valence-electron chi connectivity index (χ3n) is 4.37. The maximum absolute atomic E-state index is 13.3. The highest BCUT2D eigenvalue weighted by atomic mass is 79.9. The number of anilines is 2. The third-order valence-corrected chi connectivity index (χ3v) is 5.02. The molecule has 1 aliphatic rings. The Morgan fingerprint density at radius 2 is 1.77 bits per heavy atom. The number of benzene rings is 2. The average molecular weight is 415 g/mol. The molecule has 1 fully saturated rings. The van der Waals surface area contributed by atoms with Crippen molar-refractivity contribution in [1.29, 1.82) is 0 Å². The summed E-state index contributed by atoms with van der Waals surface area (Å²) >= 11 is 3.24. The molecule has 1 N–H and O–H groups in total. The fourth-order valence-corrected chi connectivity index (χ4v) is 3.60. The number of rotatable bonds is 3. The summed E-state index contributed by atoms with van der Waals surface area (Å²) in [7, 11) is 0. The Morgan fingerprint density at radius 1 is 1.08 bits per heavy atom. The quantitative estimate of drug-likeness (QED) is 0.690. The van der Waals surface area contributed by atoms with E-state index in [1.807, 2.05) is 24.3 Å². The van der Waals surface area contributed by atoms with Crippen molar-refractivity contribution in [2.24, 2.45) is 0 Å². The Balaban J connectivity index is 1.74. The van der Waals surface area contributed by atoms with Crippen LogP contribution in [-0.4, -0.2) is 29.0 Å². The van der Waals surface area contributed by atoms with Crippen molar-refractivity contribution >= 4 is 44.5 Å². The maximum atomic E-state index is 13.3. The zero-order chi connectivity index (χ0) is 18.1. The van der Waals surface area contributed by atoms with Crippen molar-refractivity contribution in [2.45, 2.75) is 12.8 Å². The van der Waals surface area contributed by atoms with Gasteiger partial charge in [-0.05, 0) is 59.1 Å². The monoisotopic (exact) mass is 414 g/mol. The van der Waals surface area contributed by atoms with E-state index in [-0.39, 0.29) is 5.91 Å². The van der Waals surface area contributed by atoms with Crippen molar-refractivity contribution in [1.82, 2.24) is 9.97 Å². The van der Waals surface area contributed by atoms with Gasteiger partial charge in [-0.25, -0.2) is 14.4 Å². The molecule has 2 heterocycles. The number of carbonyl (C=O) groups is 1. The number of nitrogens with one attached hydrogen (secondary N) is 1. The topological polar surface area (TPSA) is 58.1 Å². The van der Waals surface area contributed by atoms with Crippen LogP contribution >= 0.6 is 15.9 Å². The van der Waals surface area contributed by atoms with Crippen LogP contribution in [0.2, 0.25) is 0 Å². The van der Waals surface area contributed by atoms with Gasteiger partial charge >= 0.3 is 0 Å². The van der Waals surface area contributed by atoms with Crippen LogP contribution in [0.25, 0.3) is 11.0 Å². The molecule has 0 radical (unpaired) electrons. The van der Waals surface area contributed by atoms with Crippen LogP contribution in [-0.2, 0) is 0 Å². The first kappa shape index (κ1) is 16.9. The number of hydrogen-bond donors (Lipinski definition) is 1. The van der Waals surface area contributed by atoms with Crippen LogP contribution in [0.15, 0.2) is 46.9 Å². The van der Waals surface area contributed by atoms with Gasteiger partial charge in [0.15, 0.2) is 11.6 Å². The predicted molar refractivity (Wildman–Crippen MR) is 103 cm³/mol. The first-order valence-corrected chi connectivity index (χ1v) is 9.19. The fourth-order valence-electron chi connectivity index (χ4n) is 3.07. The van der Waals surface area contributed by atoms with Crippen LogP contribution in [0.1, 0.15) is 23.2 Å². The summed E-state index contributed by atoms with van der Waals surface area (Å²) in [4.78, 5) is 24.2. The zero-order valence-corrected chi connectivity index (χ0v) is 15.5. The van der Waals surface area contributed by atoms with E-state index in [0.717, 1.165) is 31.4 Å². The second-order valence-electron chi connectivity index (χ2n) is 6.16. The van der Waals surface area contributed by atoms with Gasteiger partial charge in [0, 0.05) is 17.6 Å². The second-order valence-corrected chi connectivity index (χ2v) is 7.01. The van der Waals surface area contributed by atoms with E-state index in [0.29, 0.717) is 27.2 Å². The molecule has 0 bridgehead atoms. The highest BCUT2D eigenvalue weighted by Gasteiger charge is 2.21. The van der Waals surface area contributed by atoms with Crippen molar-refractivity contribution in [3.63, 3.8) is 0 Å². The molecule has 3 aromatic rings. The minimum atomic E-state index is -0.406. The molecule has 2 aromatic carbocycles. The van der Waals surface area contributed by atoms with Gasteiger partial charge in [-0.2, -0.15) is 0 Å². The number of nitrogens with zero attached hydrogens (tertiary/aromatic N) is 3. The van der Waals surface area contributed by atoms with Gasteiger partial charge in [-0.1, -0.05) is 12.1 Å². The lowest BCUT2D eigenvalue weighted by Crippen LogP contribution is -2.23. The van der Waals surface area contributed by atoms with Gasteiger partial charge in [0.25, 0.3) is 5.91 Å². The van der Waals surface area contributed by atoms with Crippen molar-refractivity contribution in [3.05, 3.63) is 58.3 Å². The van der Waals surface area contributed by atoms with Crippen LogP contribution in [0.3, 0.4) is 0 Å². The van der Waals surface area contributed by atoms with Gasteiger partial charge in [0.1, 0.15) is 5.82 Å². The number of aromatic nitrogens is 2. The molecular formula is C19H16BrFN4O. The molecule has 1 amide bonds. The standard InChI is InChI=1S/C19H16BrFN4O/c20-14-11-12(21)7-8-13(14)19(26)24-17-18(25-9-3-4-10-25)23-16-6-2-1-5-15(16)22-17/h1-2,5-8,11H,3-4,9-10H2,(H,22,24,26). The summed E-state index contributed by atoms with van der Waals surface area (Å²) in [6.45, 7) is 1.77. The average Bonchev–Trinajstić information content (AvgIpc) is 3.15. The summed E-state index contributed by atoms with van der Waals surface area (Å²) in [5, 5.41) is 2.85. The zero-order valence-electron chi connectivity index (χ0n) is 13.9. The van der Waals surface area contributed by atoms with Crippen LogP contribution in [0.4, 0.5) is 16.0 Å². The van der Waals surface area contributed by atoms with Crippen molar-refractivity contribution in [2.75, 3.05) is 23.3 Å². The fraction of sp³-hybridized carbons (Fsp3) is 0.211. The Morgan fingerprint density at radius 3 is 2.46 bits per heavy atom. The SMILES string of the molecule is O=C(Nc1nc2ccccc2nc1N1CCCC1)c1ccc(F)cc1Br. The molecule has 7 heteroatoms. The highest BCUT2D eigenvalue weighted by molar-refractivity contribution is 9.10. The minimum absolute atomic E-state index is 0.341. The predicted octanol–water partition coefficient (Wildman–Crippen LogP) is 4.38. The normalized spacial score (nSPS) is 14.0. The smallest absolute Gasteiger partial charge is 0.258 e. The lowest BCUT2D eigenvalue weighted by Gasteiger charge is -2.20. The van der Waals surface area contributed by atoms with Gasteiger partial charge in [0.2, 0.25) is 0 Å².